The number of nitrogens with one attached hydrogen (secondary N) is 1. The van der Waals surface area contributed by atoms with Crippen LogP contribution in [-0.4, -0.2) is 64.6 Å². The molecule has 28 heavy (non-hydrogen) atoms. The number of rotatable bonds is 3. The minimum atomic E-state index is -0.159. The second-order valence-corrected chi connectivity index (χ2v) is 8.57. The largest absolute Gasteiger partial charge is 0.496 e. The zero-order valence-electron chi connectivity index (χ0n) is 16.6. The average molecular weight is 431 g/mol. The van der Waals surface area contributed by atoms with E-state index >= 15 is 0 Å². The van der Waals surface area contributed by atoms with Crippen molar-refractivity contribution >= 4 is 24.8 Å². The van der Waals surface area contributed by atoms with E-state index in [4.69, 9.17) is 14.2 Å². The van der Waals surface area contributed by atoms with Crippen LogP contribution in [0.3, 0.4) is 0 Å². The van der Waals surface area contributed by atoms with Crippen LogP contribution in [0, 0.1) is 11.3 Å². The van der Waals surface area contributed by atoms with Gasteiger partial charge >= 0.3 is 0 Å². The SMILES string of the molecule is COc1cccc2c1C1(CCN(C[C@]34CNC[C@H]3COC4)CC1)OCC2.Cl.Cl. The molecule has 7 heteroatoms. The quantitative estimate of drug-likeness (QED) is 0.797. The molecule has 5 nitrogen and oxygen atoms in total. The van der Waals surface area contributed by atoms with Gasteiger partial charge in [-0.2, -0.15) is 0 Å². The van der Waals surface area contributed by atoms with Crippen molar-refractivity contribution in [3.05, 3.63) is 29.3 Å². The summed E-state index contributed by atoms with van der Waals surface area (Å²) in [7, 11) is 1.78. The number of methoxy groups -OCH3 is 1. The van der Waals surface area contributed by atoms with Crippen LogP contribution in [0.15, 0.2) is 18.2 Å². The molecule has 0 aromatic heterocycles. The van der Waals surface area contributed by atoms with Crippen LogP contribution in [0.5, 0.6) is 5.75 Å². The Morgan fingerprint density at radius 1 is 1.25 bits per heavy atom. The lowest BCUT2D eigenvalue weighted by molar-refractivity contribution is -0.103. The fraction of sp³-hybridized carbons (Fsp3) is 0.714. The summed E-state index contributed by atoms with van der Waals surface area (Å²) in [6.07, 6.45) is 3.09. The molecule has 0 bridgehead atoms. The Labute approximate surface area is 180 Å². The van der Waals surface area contributed by atoms with E-state index in [1.165, 1.54) is 11.1 Å². The number of piperidine rings is 1. The van der Waals surface area contributed by atoms with Crippen molar-refractivity contribution < 1.29 is 14.2 Å². The predicted octanol–water partition coefficient (Wildman–Crippen LogP) is 2.64. The predicted molar refractivity (Wildman–Crippen MR) is 114 cm³/mol. The lowest BCUT2D eigenvalue weighted by Crippen LogP contribution is -2.51. The van der Waals surface area contributed by atoms with Gasteiger partial charge in [-0.3, -0.25) is 0 Å². The Balaban J connectivity index is 0.00000112. The first-order valence-corrected chi connectivity index (χ1v) is 10.1. The number of benzene rings is 1. The number of hydrogen-bond acceptors (Lipinski definition) is 5. The van der Waals surface area contributed by atoms with Crippen molar-refractivity contribution in [1.29, 1.82) is 0 Å². The first-order chi connectivity index (χ1) is 12.7. The van der Waals surface area contributed by atoms with Crippen molar-refractivity contribution in [3.63, 3.8) is 0 Å². The van der Waals surface area contributed by atoms with E-state index in [-0.39, 0.29) is 30.4 Å². The zero-order chi connectivity index (χ0) is 17.6. The Morgan fingerprint density at radius 2 is 2.07 bits per heavy atom. The normalized spacial score (nSPS) is 30.8. The summed E-state index contributed by atoms with van der Waals surface area (Å²) < 4.78 is 18.0. The molecule has 0 aliphatic carbocycles. The Bertz CT molecular complexity index is 655. The Kier molecular flexibility index (Phi) is 6.85. The lowest BCUT2D eigenvalue weighted by Gasteiger charge is -2.47. The van der Waals surface area contributed by atoms with Gasteiger partial charge in [0.05, 0.1) is 32.5 Å². The Morgan fingerprint density at radius 3 is 2.86 bits per heavy atom. The van der Waals surface area contributed by atoms with Gasteiger partial charge in [-0.25, -0.2) is 0 Å². The fourth-order valence-corrected chi connectivity index (χ4v) is 5.71. The molecule has 1 spiro atoms. The van der Waals surface area contributed by atoms with Gasteiger partial charge in [0.1, 0.15) is 5.75 Å². The summed E-state index contributed by atoms with van der Waals surface area (Å²) in [6, 6.07) is 6.45. The van der Waals surface area contributed by atoms with E-state index in [1.807, 2.05) is 0 Å². The second kappa shape index (κ2) is 8.66. The van der Waals surface area contributed by atoms with Crippen LogP contribution in [-0.2, 0) is 21.5 Å². The third-order valence-electron chi connectivity index (χ3n) is 7.18. The summed E-state index contributed by atoms with van der Waals surface area (Å²) in [6.45, 7) is 8.22. The molecule has 1 N–H and O–H groups in total. The fourth-order valence-electron chi connectivity index (χ4n) is 5.71. The summed E-state index contributed by atoms with van der Waals surface area (Å²) in [5.41, 5.74) is 2.89. The first kappa shape index (κ1) is 22.1. The maximum Gasteiger partial charge on any atom is 0.125 e. The topological polar surface area (TPSA) is 43.0 Å². The van der Waals surface area contributed by atoms with Crippen LogP contribution >= 0.6 is 24.8 Å². The summed E-state index contributed by atoms with van der Waals surface area (Å²) in [5, 5.41) is 3.59. The lowest BCUT2D eigenvalue weighted by atomic mass is 9.77. The molecule has 1 aromatic rings. The van der Waals surface area contributed by atoms with Crippen LogP contribution < -0.4 is 10.1 Å². The van der Waals surface area contributed by atoms with Gasteiger partial charge in [-0.15, -0.1) is 24.8 Å². The highest BCUT2D eigenvalue weighted by molar-refractivity contribution is 5.85. The summed E-state index contributed by atoms with van der Waals surface area (Å²) in [4.78, 5) is 2.65. The molecule has 4 aliphatic heterocycles. The van der Waals surface area contributed by atoms with Gasteiger partial charge in [0.2, 0.25) is 0 Å². The van der Waals surface area contributed by atoms with E-state index < -0.39 is 0 Å². The number of nitrogens with zero attached hydrogens (tertiary/aromatic N) is 1. The summed E-state index contributed by atoms with van der Waals surface area (Å²) >= 11 is 0. The molecule has 158 valence electrons. The van der Waals surface area contributed by atoms with Crippen molar-refractivity contribution in [1.82, 2.24) is 10.2 Å². The highest BCUT2D eigenvalue weighted by Crippen LogP contribution is 2.47. The minimum absolute atomic E-state index is 0. The van der Waals surface area contributed by atoms with Gasteiger partial charge in [-0.05, 0) is 30.9 Å². The molecule has 2 atom stereocenters. The van der Waals surface area contributed by atoms with E-state index in [1.54, 1.807) is 7.11 Å². The maximum atomic E-state index is 6.43. The molecule has 4 heterocycles. The molecule has 0 radical (unpaired) electrons. The van der Waals surface area contributed by atoms with E-state index in [2.05, 4.69) is 28.4 Å². The monoisotopic (exact) mass is 430 g/mol. The highest BCUT2D eigenvalue weighted by atomic mass is 35.5. The van der Waals surface area contributed by atoms with Crippen molar-refractivity contribution in [2.24, 2.45) is 11.3 Å². The average Bonchev–Trinajstić information content (AvgIpc) is 3.23. The maximum absolute atomic E-state index is 6.43. The molecule has 3 saturated heterocycles. The number of halogens is 2. The van der Waals surface area contributed by atoms with Crippen LogP contribution in [0.4, 0.5) is 0 Å². The van der Waals surface area contributed by atoms with E-state index in [0.29, 0.717) is 11.3 Å². The highest BCUT2D eigenvalue weighted by Gasteiger charge is 2.50. The van der Waals surface area contributed by atoms with Crippen molar-refractivity contribution in [3.8, 4) is 5.75 Å². The second-order valence-electron chi connectivity index (χ2n) is 8.57. The van der Waals surface area contributed by atoms with Crippen molar-refractivity contribution in [2.45, 2.75) is 24.9 Å². The molecule has 3 fully saturated rings. The van der Waals surface area contributed by atoms with Gasteiger partial charge in [0.15, 0.2) is 0 Å². The van der Waals surface area contributed by atoms with Crippen LogP contribution in [0.25, 0.3) is 0 Å². The van der Waals surface area contributed by atoms with Gasteiger partial charge in [0.25, 0.3) is 0 Å². The van der Waals surface area contributed by atoms with Crippen molar-refractivity contribution in [2.75, 3.05) is 59.7 Å². The third-order valence-corrected chi connectivity index (χ3v) is 7.18. The molecule has 0 amide bonds. The molecule has 1 aromatic carbocycles. The summed E-state index contributed by atoms with van der Waals surface area (Å²) in [5.74, 6) is 1.68. The molecule has 0 saturated carbocycles. The number of hydrogen-bond donors (Lipinski definition) is 1. The van der Waals surface area contributed by atoms with Crippen LogP contribution in [0.2, 0.25) is 0 Å². The van der Waals surface area contributed by atoms with E-state index in [9.17, 15) is 0 Å². The number of ether oxygens (including phenoxy) is 3. The third kappa shape index (κ3) is 3.55. The molecule has 0 unspecified atom stereocenters. The standard InChI is InChI=1S/C21H30N2O3.2ClH/c1-24-18-4-2-3-16-5-10-26-21(19(16)18)6-8-23(9-7-21)14-20-13-22-11-17(20)12-25-15-20;;/h2-4,17,22H,5-15H2,1H3;2*1H/t17-,20-;;/m0../s1. The zero-order valence-corrected chi connectivity index (χ0v) is 18.2. The van der Waals surface area contributed by atoms with E-state index in [0.717, 1.165) is 77.6 Å². The molecular weight excluding hydrogens is 399 g/mol. The number of likely N-dealkylation sites (tertiary alicyclic amines) is 1. The number of fused-ring (bicyclic) bond motifs is 3. The van der Waals surface area contributed by atoms with Crippen LogP contribution in [0.1, 0.15) is 24.0 Å². The van der Waals surface area contributed by atoms with Gasteiger partial charge < -0.3 is 24.4 Å². The molecule has 5 rings (SSSR count). The smallest absolute Gasteiger partial charge is 0.125 e. The molecular formula is C21H32Cl2N2O3. The van der Waals surface area contributed by atoms with Gasteiger partial charge in [0, 0.05) is 49.6 Å². The Hall–Kier alpha value is -0.560. The first-order valence-electron chi connectivity index (χ1n) is 10.1. The molecule has 4 aliphatic rings. The van der Waals surface area contributed by atoms with Gasteiger partial charge in [-0.1, -0.05) is 12.1 Å². The minimum Gasteiger partial charge on any atom is -0.496 e.